The van der Waals surface area contributed by atoms with E-state index in [0.717, 1.165) is 39.1 Å². The molecule has 0 aliphatic rings. The molecular weight excluding hydrogens is 388 g/mol. The molecule has 150 valence electrons. The van der Waals surface area contributed by atoms with Crippen LogP contribution in [0, 0.1) is 0 Å². The highest BCUT2D eigenvalue weighted by atomic mass is 16.1. The van der Waals surface area contributed by atoms with E-state index in [2.05, 4.69) is 24.9 Å². The number of ketones is 1. The van der Waals surface area contributed by atoms with Crippen LogP contribution in [-0.2, 0) is 17.8 Å². The molecule has 0 amide bonds. The lowest BCUT2D eigenvalue weighted by molar-refractivity contribution is -0.119. The summed E-state index contributed by atoms with van der Waals surface area (Å²) >= 11 is 0. The molecule has 5 aromatic heterocycles. The van der Waals surface area contributed by atoms with Crippen molar-refractivity contribution in [3.8, 4) is 22.4 Å². The van der Waals surface area contributed by atoms with Crippen molar-refractivity contribution in [2.45, 2.75) is 13.0 Å². The molecule has 0 aliphatic carbocycles. The summed E-state index contributed by atoms with van der Waals surface area (Å²) in [4.78, 5) is 34.2. The fourth-order valence-electron chi connectivity index (χ4n) is 3.57. The molecule has 31 heavy (non-hydrogen) atoms. The average Bonchev–Trinajstić information content (AvgIpc) is 3.23. The van der Waals surface area contributed by atoms with Crippen LogP contribution in [0.4, 0.5) is 0 Å². The minimum absolute atomic E-state index is 0.0610. The van der Waals surface area contributed by atoms with Gasteiger partial charge in [0, 0.05) is 65.6 Å². The van der Waals surface area contributed by atoms with Crippen LogP contribution >= 0.6 is 0 Å². The van der Waals surface area contributed by atoms with Crippen LogP contribution < -0.4 is 0 Å². The van der Waals surface area contributed by atoms with Crippen molar-refractivity contribution in [2.24, 2.45) is 0 Å². The van der Waals surface area contributed by atoms with E-state index in [0.29, 0.717) is 0 Å². The second-order valence-electron chi connectivity index (χ2n) is 7.13. The smallest absolute Gasteiger partial charge is 0.158 e. The molecule has 7 nitrogen and oxygen atoms in total. The Morgan fingerprint density at radius 3 is 2.52 bits per heavy atom. The highest BCUT2D eigenvalue weighted by molar-refractivity contribution is 5.94. The maximum atomic E-state index is 12.7. The molecule has 0 N–H and O–H groups in total. The van der Waals surface area contributed by atoms with Crippen LogP contribution in [0.15, 0.2) is 86.0 Å². The van der Waals surface area contributed by atoms with E-state index in [9.17, 15) is 4.79 Å². The van der Waals surface area contributed by atoms with Gasteiger partial charge in [-0.1, -0.05) is 6.07 Å². The molecule has 0 atom stereocenters. The van der Waals surface area contributed by atoms with Gasteiger partial charge in [-0.05, 0) is 35.9 Å². The molecular formula is C24H18N6O. The zero-order valence-electron chi connectivity index (χ0n) is 16.6. The maximum Gasteiger partial charge on any atom is 0.158 e. The van der Waals surface area contributed by atoms with Crippen LogP contribution in [0.5, 0.6) is 0 Å². The highest BCUT2D eigenvalue weighted by Gasteiger charge is 2.12. The Kier molecular flexibility index (Phi) is 4.98. The van der Waals surface area contributed by atoms with Crippen LogP contribution in [0.25, 0.3) is 33.4 Å². The Bertz CT molecular complexity index is 1330. The minimum Gasteiger partial charge on any atom is -0.325 e. The number of carbonyl (C=O) groups excluding carboxylic acids is 1. The molecule has 7 heteroatoms. The Labute approximate surface area is 178 Å². The molecule has 5 rings (SSSR count). The van der Waals surface area contributed by atoms with Gasteiger partial charge in [0.15, 0.2) is 5.78 Å². The van der Waals surface area contributed by atoms with Gasteiger partial charge in [0.1, 0.15) is 5.65 Å². The topological polar surface area (TPSA) is 86.5 Å². The van der Waals surface area contributed by atoms with Gasteiger partial charge >= 0.3 is 0 Å². The molecule has 0 aromatic carbocycles. The summed E-state index contributed by atoms with van der Waals surface area (Å²) in [6.07, 6.45) is 14.2. The van der Waals surface area contributed by atoms with Crippen LogP contribution in [0.1, 0.15) is 5.69 Å². The molecule has 0 fully saturated rings. The average molecular weight is 406 g/mol. The van der Waals surface area contributed by atoms with E-state index in [1.807, 2.05) is 53.4 Å². The molecule has 5 aromatic rings. The Morgan fingerprint density at radius 2 is 1.74 bits per heavy atom. The summed E-state index contributed by atoms with van der Waals surface area (Å²) in [7, 11) is 0. The van der Waals surface area contributed by atoms with E-state index in [4.69, 9.17) is 0 Å². The van der Waals surface area contributed by atoms with E-state index in [1.165, 1.54) is 0 Å². The van der Waals surface area contributed by atoms with Gasteiger partial charge in [-0.3, -0.25) is 24.7 Å². The fraction of sp³-hybridized carbons (Fsp3) is 0.0833. The van der Waals surface area contributed by atoms with Gasteiger partial charge in [0.05, 0.1) is 24.9 Å². The number of hydrogen-bond acceptors (Lipinski definition) is 6. The molecule has 0 spiro atoms. The molecule has 0 radical (unpaired) electrons. The van der Waals surface area contributed by atoms with Crippen molar-refractivity contribution in [1.29, 1.82) is 0 Å². The van der Waals surface area contributed by atoms with E-state index >= 15 is 0 Å². The molecule has 0 saturated heterocycles. The molecule has 0 aliphatic heterocycles. The predicted octanol–water partition coefficient (Wildman–Crippen LogP) is 3.76. The maximum absolute atomic E-state index is 12.7. The van der Waals surface area contributed by atoms with E-state index in [1.54, 1.807) is 37.2 Å². The molecule has 0 saturated carbocycles. The van der Waals surface area contributed by atoms with Crippen molar-refractivity contribution < 1.29 is 4.79 Å². The first-order valence-electron chi connectivity index (χ1n) is 9.85. The van der Waals surface area contributed by atoms with Crippen LogP contribution in [0.2, 0.25) is 0 Å². The first-order chi connectivity index (χ1) is 15.3. The van der Waals surface area contributed by atoms with Crippen molar-refractivity contribution in [3.63, 3.8) is 0 Å². The second kappa shape index (κ2) is 8.23. The zero-order valence-corrected chi connectivity index (χ0v) is 16.6. The number of Topliss-reactive ketones (excluding diaryl/α,β-unsaturated/α-hetero) is 1. The van der Waals surface area contributed by atoms with Gasteiger partial charge in [0.2, 0.25) is 0 Å². The number of carbonyl (C=O) groups is 1. The Hall–Kier alpha value is -4.26. The van der Waals surface area contributed by atoms with Gasteiger partial charge in [-0.15, -0.1) is 0 Å². The number of pyridine rings is 3. The van der Waals surface area contributed by atoms with Crippen molar-refractivity contribution in [3.05, 3.63) is 91.7 Å². The quantitative estimate of drug-likeness (QED) is 0.427. The summed E-state index contributed by atoms with van der Waals surface area (Å²) in [5.74, 6) is 0.0610. The van der Waals surface area contributed by atoms with Gasteiger partial charge < -0.3 is 4.57 Å². The third kappa shape index (κ3) is 3.93. The third-order valence-corrected chi connectivity index (χ3v) is 5.04. The minimum atomic E-state index is 0.0610. The number of hydrogen-bond donors (Lipinski definition) is 0. The number of rotatable bonds is 6. The molecule has 5 heterocycles. The van der Waals surface area contributed by atoms with E-state index in [-0.39, 0.29) is 18.7 Å². The summed E-state index contributed by atoms with van der Waals surface area (Å²) in [5, 5.41) is 0.995. The first kappa shape index (κ1) is 18.7. The molecule has 0 bridgehead atoms. The van der Waals surface area contributed by atoms with Crippen molar-refractivity contribution in [1.82, 2.24) is 29.5 Å². The van der Waals surface area contributed by atoms with Crippen LogP contribution in [-0.4, -0.2) is 35.3 Å². The van der Waals surface area contributed by atoms with Crippen molar-refractivity contribution >= 4 is 16.8 Å². The van der Waals surface area contributed by atoms with Gasteiger partial charge in [-0.25, -0.2) is 4.98 Å². The Balaban J connectivity index is 1.33. The predicted molar refractivity (Wildman–Crippen MR) is 117 cm³/mol. The van der Waals surface area contributed by atoms with E-state index < -0.39 is 0 Å². The van der Waals surface area contributed by atoms with Gasteiger partial charge in [0.25, 0.3) is 0 Å². The lowest BCUT2D eigenvalue weighted by atomic mass is 10.1. The number of nitrogens with zero attached hydrogens (tertiary/aromatic N) is 6. The zero-order chi connectivity index (χ0) is 21.0. The first-order valence-corrected chi connectivity index (χ1v) is 9.85. The SMILES string of the molecule is O=C(Cc1ccc(-c2cnccn2)cn1)Cn1ccc2c(-c3cccnc3)ccnc21. The fourth-order valence-corrected chi connectivity index (χ4v) is 3.57. The summed E-state index contributed by atoms with van der Waals surface area (Å²) in [6, 6.07) is 11.6. The number of aromatic nitrogens is 6. The summed E-state index contributed by atoms with van der Waals surface area (Å²) < 4.78 is 1.88. The molecule has 0 unspecified atom stereocenters. The number of fused-ring (bicyclic) bond motifs is 1. The van der Waals surface area contributed by atoms with Crippen molar-refractivity contribution in [2.75, 3.05) is 0 Å². The highest BCUT2D eigenvalue weighted by Crippen LogP contribution is 2.27. The lowest BCUT2D eigenvalue weighted by Crippen LogP contribution is -2.13. The summed E-state index contributed by atoms with van der Waals surface area (Å²) in [5.41, 5.74) is 5.19. The third-order valence-electron chi connectivity index (χ3n) is 5.04. The normalized spacial score (nSPS) is 11.0. The Morgan fingerprint density at radius 1 is 0.806 bits per heavy atom. The monoisotopic (exact) mass is 406 g/mol. The van der Waals surface area contributed by atoms with Gasteiger partial charge in [-0.2, -0.15) is 0 Å². The standard InChI is InChI=1S/C24H18N6O/c31-20(12-19-4-3-18(14-29-19)23-15-26-9-10-27-23)16-30-11-6-22-21(5-8-28-24(22)30)17-2-1-7-25-13-17/h1-11,13-15H,12,16H2. The summed E-state index contributed by atoms with van der Waals surface area (Å²) in [6.45, 7) is 0.237. The second-order valence-corrected chi connectivity index (χ2v) is 7.13. The lowest BCUT2D eigenvalue weighted by Gasteiger charge is -2.07. The largest absolute Gasteiger partial charge is 0.325 e. The van der Waals surface area contributed by atoms with Crippen LogP contribution in [0.3, 0.4) is 0 Å².